The van der Waals surface area contributed by atoms with Crippen molar-refractivity contribution in [1.82, 2.24) is 9.38 Å². The number of nitrogens with zero attached hydrogens (tertiary/aromatic N) is 2. The SMILES string of the molecule is COc1c(S(=O)(=O)Nc2cccc(-c3cn4ccsc4n3)c2)ccc(Cl)c1Cl. The minimum atomic E-state index is -3.95. The van der Waals surface area contributed by atoms with Crippen LogP contribution in [0.4, 0.5) is 5.69 Å². The van der Waals surface area contributed by atoms with Crippen LogP contribution in [-0.4, -0.2) is 24.9 Å². The van der Waals surface area contributed by atoms with Crippen molar-refractivity contribution in [2.45, 2.75) is 4.90 Å². The zero-order valence-electron chi connectivity index (χ0n) is 14.4. The van der Waals surface area contributed by atoms with E-state index < -0.39 is 10.0 Å². The molecule has 0 radical (unpaired) electrons. The molecule has 0 unspecified atom stereocenters. The summed E-state index contributed by atoms with van der Waals surface area (Å²) < 4.78 is 35.4. The molecule has 2 aromatic heterocycles. The Morgan fingerprint density at radius 3 is 2.79 bits per heavy atom. The summed E-state index contributed by atoms with van der Waals surface area (Å²) in [6.07, 6.45) is 3.81. The Balaban J connectivity index is 1.69. The van der Waals surface area contributed by atoms with Crippen molar-refractivity contribution in [3.63, 3.8) is 0 Å². The molecular weight excluding hydrogens is 441 g/mol. The van der Waals surface area contributed by atoms with E-state index in [-0.39, 0.29) is 20.7 Å². The van der Waals surface area contributed by atoms with Gasteiger partial charge in [0.05, 0.1) is 17.8 Å². The molecule has 0 aliphatic heterocycles. The number of ether oxygens (including phenoxy) is 1. The number of hydrogen-bond donors (Lipinski definition) is 1. The highest BCUT2D eigenvalue weighted by Crippen LogP contribution is 2.38. The van der Waals surface area contributed by atoms with Gasteiger partial charge in [0, 0.05) is 29.0 Å². The fourth-order valence-electron chi connectivity index (χ4n) is 2.73. The van der Waals surface area contributed by atoms with Gasteiger partial charge in [0.2, 0.25) is 0 Å². The van der Waals surface area contributed by atoms with Gasteiger partial charge in [0.25, 0.3) is 10.0 Å². The van der Waals surface area contributed by atoms with Gasteiger partial charge in [-0.3, -0.25) is 9.12 Å². The Hall–Kier alpha value is -2.26. The van der Waals surface area contributed by atoms with Crippen molar-refractivity contribution in [2.24, 2.45) is 0 Å². The number of nitrogens with one attached hydrogen (secondary N) is 1. The number of halogens is 2. The predicted molar refractivity (Wildman–Crippen MR) is 112 cm³/mol. The number of methoxy groups -OCH3 is 1. The van der Waals surface area contributed by atoms with Gasteiger partial charge in [-0.05, 0) is 24.3 Å². The molecular formula is C18H13Cl2N3O3S2. The standard InChI is InChI=1S/C18H13Cl2N3O3S2/c1-26-17-15(6-5-13(19)16(17)20)28(24,25)22-12-4-2-3-11(9-12)14-10-23-7-8-27-18(23)21-14/h2-10,22H,1H3. The predicted octanol–water partition coefficient (Wildman–Crippen LogP) is 5.18. The van der Waals surface area contributed by atoms with E-state index in [1.54, 1.807) is 18.2 Å². The molecule has 4 rings (SSSR count). The van der Waals surface area contributed by atoms with E-state index in [0.29, 0.717) is 5.69 Å². The Morgan fingerprint density at radius 1 is 1.21 bits per heavy atom. The maximum Gasteiger partial charge on any atom is 0.265 e. The first-order valence-electron chi connectivity index (χ1n) is 7.96. The van der Waals surface area contributed by atoms with Crippen LogP contribution in [0.3, 0.4) is 0 Å². The zero-order chi connectivity index (χ0) is 19.9. The summed E-state index contributed by atoms with van der Waals surface area (Å²) in [5.74, 6) is -0.00726. The number of imidazole rings is 1. The molecule has 0 saturated heterocycles. The van der Waals surface area contributed by atoms with Crippen molar-refractivity contribution < 1.29 is 13.2 Å². The first-order valence-corrected chi connectivity index (χ1v) is 11.1. The van der Waals surface area contributed by atoms with Crippen LogP contribution in [0.1, 0.15) is 0 Å². The monoisotopic (exact) mass is 453 g/mol. The van der Waals surface area contributed by atoms with Crippen molar-refractivity contribution in [1.29, 1.82) is 0 Å². The third-order valence-corrected chi connectivity index (χ3v) is 6.97. The number of aromatic nitrogens is 2. The molecule has 0 spiro atoms. The van der Waals surface area contributed by atoms with E-state index in [4.69, 9.17) is 27.9 Å². The van der Waals surface area contributed by atoms with Gasteiger partial charge in [-0.2, -0.15) is 0 Å². The lowest BCUT2D eigenvalue weighted by molar-refractivity contribution is 0.403. The van der Waals surface area contributed by atoms with Crippen LogP contribution in [0.25, 0.3) is 16.2 Å². The number of benzene rings is 2. The maximum absolute atomic E-state index is 12.9. The van der Waals surface area contributed by atoms with Crippen molar-refractivity contribution in [3.05, 3.63) is 64.2 Å². The Kier molecular flexibility index (Phi) is 4.96. The van der Waals surface area contributed by atoms with E-state index in [0.717, 1.165) is 16.2 Å². The molecule has 0 bridgehead atoms. The maximum atomic E-state index is 12.9. The van der Waals surface area contributed by atoms with E-state index in [1.807, 2.05) is 28.2 Å². The Bertz CT molecular complexity index is 1250. The number of sulfonamides is 1. The average molecular weight is 454 g/mol. The van der Waals surface area contributed by atoms with Crippen LogP contribution in [0.2, 0.25) is 10.0 Å². The third-order valence-electron chi connectivity index (χ3n) is 4.01. The van der Waals surface area contributed by atoms with Crippen molar-refractivity contribution >= 4 is 55.2 Å². The molecule has 0 saturated carbocycles. The van der Waals surface area contributed by atoms with Gasteiger partial charge >= 0.3 is 0 Å². The summed E-state index contributed by atoms with van der Waals surface area (Å²) >= 11 is 13.6. The van der Waals surface area contributed by atoms with Gasteiger partial charge in [0.15, 0.2) is 10.7 Å². The minimum Gasteiger partial charge on any atom is -0.494 e. The van der Waals surface area contributed by atoms with Crippen LogP contribution in [-0.2, 0) is 10.0 Å². The topological polar surface area (TPSA) is 72.7 Å². The highest BCUT2D eigenvalue weighted by atomic mass is 35.5. The summed E-state index contributed by atoms with van der Waals surface area (Å²) in [5, 5.41) is 2.19. The highest BCUT2D eigenvalue weighted by molar-refractivity contribution is 7.92. The van der Waals surface area contributed by atoms with E-state index >= 15 is 0 Å². The highest BCUT2D eigenvalue weighted by Gasteiger charge is 2.23. The van der Waals surface area contributed by atoms with Crippen molar-refractivity contribution in [3.8, 4) is 17.0 Å². The zero-order valence-corrected chi connectivity index (χ0v) is 17.5. The van der Waals surface area contributed by atoms with Gasteiger partial charge in [-0.1, -0.05) is 35.3 Å². The second-order valence-electron chi connectivity index (χ2n) is 5.80. The number of fused-ring (bicyclic) bond motifs is 1. The van der Waals surface area contributed by atoms with Gasteiger partial charge in [-0.15, -0.1) is 11.3 Å². The Labute approximate surface area is 175 Å². The summed E-state index contributed by atoms with van der Waals surface area (Å²) in [6.45, 7) is 0. The molecule has 0 fully saturated rings. The third kappa shape index (κ3) is 3.44. The van der Waals surface area contributed by atoms with Crippen LogP contribution < -0.4 is 9.46 Å². The quantitative estimate of drug-likeness (QED) is 0.451. The molecule has 4 aromatic rings. The summed E-state index contributed by atoms with van der Waals surface area (Å²) in [7, 11) is -2.61. The van der Waals surface area contributed by atoms with Crippen molar-refractivity contribution in [2.75, 3.05) is 11.8 Å². The summed E-state index contributed by atoms with van der Waals surface area (Å²) in [5.41, 5.74) is 1.93. The van der Waals surface area contributed by atoms with E-state index in [2.05, 4.69) is 9.71 Å². The molecule has 0 amide bonds. The van der Waals surface area contributed by atoms with Gasteiger partial charge < -0.3 is 4.74 Å². The minimum absolute atomic E-state index is 0.00726. The Morgan fingerprint density at radius 2 is 2.04 bits per heavy atom. The van der Waals surface area contributed by atoms with E-state index in [1.165, 1.54) is 30.6 Å². The average Bonchev–Trinajstić information content (AvgIpc) is 3.25. The van der Waals surface area contributed by atoms with E-state index in [9.17, 15) is 8.42 Å². The molecule has 0 aliphatic carbocycles. The summed E-state index contributed by atoms with van der Waals surface area (Å²) in [4.78, 5) is 5.30. The molecule has 2 heterocycles. The fourth-order valence-corrected chi connectivity index (χ4v) is 5.11. The number of thiazole rings is 1. The fraction of sp³-hybridized carbons (Fsp3) is 0.0556. The number of rotatable bonds is 5. The van der Waals surface area contributed by atoms with Gasteiger partial charge in [0.1, 0.15) is 9.92 Å². The molecule has 1 N–H and O–H groups in total. The molecule has 10 heteroatoms. The van der Waals surface area contributed by atoms with Crippen LogP contribution in [0.5, 0.6) is 5.75 Å². The lowest BCUT2D eigenvalue weighted by Gasteiger charge is -2.14. The molecule has 0 aliphatic rings. The first-order chi connectivity index (χ1) is 13.4. The second kappa shape index (κ2) is 7.29. The molecule has 28 heavy (non-hydrogen) atoms. The van der Waals surface area contributed by atoms with Crippen LogP contribution >= 0.6 is 34.5 Å². The first kappa shape index (κ1) is 19.1. The van der Waals surface area contributed by atoms with Crippen LogP contribution in [0.15, 0.2) is 59.1 Å². The number of hydrogen-bond acceptors (Lipinski definition) is 5. The van der Waals surface area contributed by atoms with Crippen LogP contribution in [0, 0.1) is 0 Å². The second-order valence-corrected chi connectivity index (χ2v) is 9.11. The lowest BCUT2D eigenvalue weighted by atomic mass is 10.1. The molecule has 0 atom stereocenters. The molecule has 6 nitrogen and oxygen atoms in total. The summed E-state index contributed by atoms with van der Waals surface area (Å²) in [6, 6.07) is 9.76. The van der Waals surface area contributed by atoms with Gasteiger partial charge in [-0.25, -0.2) is 13.4 Å². The smallest absolute Gasteiger partial charge is 0.265 e. The molecule has 2 aromatic carbocycles. The lowest BCUT2D eigenvalue weighted by Crippen LogP contribution is -2.14. The largest absolute Gasteiger partial charge is 0.494 e. The number of anilines is 1. The normalized spacial score (nSPS) is 11.7. The molecule has 144 valence electrons.